The monoisotopic (exact) mass is 356 g/mol. The van der Waals surface area contributed by atoms with E-state index in [-0.39, 0.29) is 29.7 Å². The molecule has 0 atom stereocenters. The third kappa shape index (κ3) is 3.18. The molecular weight excluding hydrogens is 332 g/mol. The molecule has 0 saturated carbocycles. The van der Waals surface area contributed by atoms with Crippen molar-refractivity contribution in [2.45, 2.75) is 31.7 Å². The van der Waals surface area contributed by atoms with Gasteiger partial charge in [-0.3, -0.25) is 19.4 Å². The molecule has 0 spiro atoms. The van der Waals surface area contributed by atoms with E-state index in [1.165, 1.54) is 0 Å². The van der Waals surface area contributed by atoms with Gasteiger partial charge in [-0.25, -0.2) is 0 Å². The molecule has 4 heterocycles. The van der Waals surface area contributed by atoms with E-state index in [1.54, 1.807) is 23.2 Å². The standard InChI is InChI=1S/C19H24N4O3/c24-17-5-3-9-23(17)15-12-22(13-15)18(25)14-6-10-21(11-7-14)19(26)16-4-1-2-8-20-16/h1-2,4,8,14-15H,3,5-7,9-13H2. The Hall–Kier alpha value is -2.44. The van der Waals surface area contributed by atoms with Crippen LogP contribution in [0.5, 0.6) is 0 Å². The van der Waals surface area contributed by atoms with E-state index in [0.29, 0.717) is 51.1 Å². The highest BCUT2D eigenvalue weighted by Gasteiger charge is 2.41. The van der Waals surface area contributed by atoms with E-state index >= 15 is 0 Å². The third-order valence-electron chi connectivity index (χ3n) is 5.74. The average Bonchev–Trinajstić information content (AvgIpc) is 3.06. The van der Waals surface area contributed by atoms with Gasteiger partial charge in [0.1, 0.15) is 5.69 Å². The van der Waals surface area contributed by atoms with Crippen LogP contribution in [0.1, 0.15) is 36.2 Å². The van der Waals surface area contributed by atoms with Crippen LogP contribution in [0, 0.1) is 5.92 Å². The fraction of sp³-hybridized carbons (Fsp3) is 0.579. The number of aromatic nitrogens is 1. The number of hydrogen-bond acceptors (Lipinski definition) is 4. The summed E-state index contributed by atoms with van der Waals surface area (Å²) in [4.78, 5) is 46.6. The Labute approximate surface area is 153 Å². The molecule has 3 aliphatic heterocycles. The number of pyridine rings is 1. The first-order valence-corrected chi connectivity index (χ1v) is 9.42. The zero-order chi connectivity index (χ0) is 18.1. The van der Waals surface area contributed by atoms with Crippen molar-refractivity contribution in [1.29, 1.82) is 0 Å². The van der Waals surface area contributed by atoms with Crippen LogP contribution in [0.2, 0.25) is 0 Å². The fourth-order valence-electron chi connectivity index (χ4n) is 4.13. The van der Waals surface area contributed by atoms with Gasteiger partial charge in [0.05, 0.1) is 6.04 Å². The number of hydrogen-bond donors (Lipinski definition) is 0. The lowest BCUT2D eigenvalue weighted by Crippen LogP contribution is -2.62. The van der Waals surface area contributed by atoms with Crippen molar-refractivity contribution >= 4 is 17.7 Å². The highest BCUT2D eigenvalue weighted by molar-refractivity contribution is 5.92. The van der Waals surface area contributed by atoms with E-state index in [4.69, 9.17) is 0 Å². The number of nitrogens with zero attached hydrogens (tertiary/aromatic N) is 4. The lowest BCUT2D eigenvalue weighted by atomic mass is 9.93. The zero-order valence-electron chi connectivity index (χ0n) is 14.8. The van der Waals surface area contributed by atoms with E-state index < -0.39 is 0 Å². The molecule has 4 rings (SSSR count). The van der Waals surface area contributed by atoms with Gasteiger partial charge >= 0.3 is 0 Å². The summed E-state index contributed by atoms with van der Waals surface area (Å²) in [6, 6.07) is 5.53. The number of amides is 3. The van der Waals surface area contributed by atoms with E-state index in [0.717, 1.165) is 13.0 Å². The van der Waals surface area contributed by atoms with Crippen LogP contribution in [-0.4, -0.2) is 76.2 Å². The number of likely N-dealkylation sites (tertiary alicyclic amines) is 3. The SMILES string of the molecule is O=C(c1ccccn1)N1CCC(C(=O)N2CC(N3CCCC3=O)C2)CC1. The predicted octanol–water partition coefficient (Wildman–Crippen LogP) is 0.767. The van der Waals surface area contributed by atoms with Gasteiger partial charge in [-0.15, -0.1) is 0 Å². The Bertz CT molecular complexity index is 694. The second kappa shape index (κ2) is 7.05. The maximum Gasteiger partial charge on any atom is 0.272 e. The van der Waals surface area contributed by atoms with Crippen LogP contribution in [0.25, 0.3) is 0 Å². The molecule has 0 N–H and O–H groups in total. The van der Waals surface area contributed by atoms with Gasteiger partial charge in [-0.1, -0.05) is 6.07 Å². The first-order valence-electron chi connectivity index (χ1n) is 9.42. The minimum absolute atomic E-state index is 0.0157. The van der Waals surface area contributed by atoms with Crippen molar-refractivity contribution < 1.29 is 14.4 Å². The van der Waals surface area contributed by atoms with Gasteiger partial charge < -0.3 is 14.7 Å². The minimum Gasteiger partial charge on any atom is -0.338 e. The zero-order valence-corrected chi connectivity index (χ0v) is 14.8. The maximum atomic E-state index is 12.7. The van der Waals surface area contributed by atoms with Gasteiger partial charge in [0.15, 0.2) is 0 Å². The lowest BCUT2D eigenvalue weighted by molar-refractivity contribution is -0.148. The normalized spacial score (nSPS) is 21.8. The summed E-state index contributed by atoms with van der Waals surface area (Å²) in [7, 11) is 0. The molecule has 3 saturated heterocycles. The van der Waals surface area contributed by atoms with Crippen LogP contribution in [0.15, 0.2) is 24.4 Å². The van der Waals surface area contributed by atoms with Gasteiger partial charge in [-0.2, -0.15) is 0 Å². The molecule has 7 heteroatoms. The Morgan fingerprint density at radius 1 is 1.04 bits per heavy atom. The smallest absolute Gasteiger partial charge is 0.272 e. The van der Waals surface area contributed by atoms with Crippen LogP contribution in [0.4, 0.5) is 0 Å². The van der Waals surface area contributed by atoms with Crippen LogP contribution in [-0.2, 0) is 9.59 Å². The molecule has 3 amide bonds. The van der Waals surface area contributed by atoms with E-state index in [9.17, 15) is 14.4 Å². The van der Waals surface area contributed by atoms with Gasteiger partial charge in [-0.05, 0) is 31.4 Å². The minimum atomic E-state index is -0.0620. The molecule has 0 unspecified atom stereocenters. The maximum absolute atomic E-state index is 12.7. The van der Waals surface area contributed by atoms with Gasteiger partial charge in [0.2, 0.25) is 11.8 Å². The second-order valence-corrected chi connectivity index (χ2v) is 7.37. The Morgan fingerprint density at radius 2 is 1.81 bits per heavy atom. The topological polar surface area (TPSA) is 73.8 Å². The molecule has 3 fully saturated rings. The Kier molecular flexibility index (Phi) is 4.61. The summed E-state index contributed by atoms with van der Waals surface area (Å²) >= 11 is 0. The third-order valence-corrected chi connectivity index (χ3v) is 5.74. The molecule has 1 aromatic heterocycles. The Morgan fingerprint density at radius 3 is 2.42 bits per heavy atom. The van der Waals surface area contributed by atoms with Crippen molar-refractivity contribution in [2.75, 3.05) is 32.7 Å². The first kappa shape index (κ1) is 17.0. The summed E-state index contributed by atoms with van der Waals surface area (Å²) in [5.74, 6) is 0.326. The number of rotatable bonds is 3. The predicted molar refractivity (Wildman–Crippen MR) is 94.2 cm³/mol. The average molecular weight is 356 g/mol. The number of carbonyl (C=O) groups excluding carboxylic acids is 3. The highest BCUT2D eigenvalue weighted by atomic mass is 16.2. The van der Waals surface area contributed by atoms with Crippen molar-refractivity contribution in [3.05, 3.63) is 30.1 Å². The molecule has 1 aromatic rings. The van der Waals surface area contributed by atoms with Crippen molar-refractivity contribution in [1.82, 2.24) is 19.7 Å². The molecule has 0 bridgehead atoms. The molecule has 0 aliphatic carbocycles. The van der Waals surface area contributed by atoms with Crippen molar-refractivity contribution in [3.8, 4) is 0 Å². The summed E-state index contributed by atoms with van der Waals surface area (Å²) < 4.78 is 0. The van der Waals surface area contributed by atoms with E-state index in [1.807, 2.05) is 15.9 Å². The summed E-state index contributed by atoms with van der Waals surface area (Å²) in [6.07, 6.45) is 4.59. The van der Waals surface area contributed by atoms with Gasteiger partial charge in [0.25, 0.3) is 5.91 Å². The van der Waals surface area contributed by atoms with Crippen molar-refractivity contribution in [2.24, 2.45) is 5.92 Å². The summed E-state index contributed by atoms with van der Waals surface area (Å²) in [5.41, 5.74) is 0.457. The number of piperidine rings is 1. The van der Waals surface area contributed by atoms with Crippen molar-refractivity contribution in [3.63, 3.8) is 0 Å². The molecule has 138 valence electrons. The highest BCUT2D eigenvalue weighted by Crippen LogP contribution is 2.26. The van der Waals surface area contributed by atoms with Crippen LogP contribution < -0.4 is 0 Å². The Balaban J connectivity index is 1.25. The molecular formula is C19H24N4O3. The second-order valence-electron chi connectivity index (χ2n) is 7.37. The van der Waals surface area contributed by atoms with Crippen LogP contribution >= 0.6 is 0 Å². The molecule has 0 radical (unpaired) electrons. The molecule has 3 aliphatic rings. The lowest BCUT2D eigenvalue weighted by Gasteiger charge is -2.46. The van der Waals surface area contributed by atoms with E-state index in [2.05, 4.69) is 4.98 Å². The first-order chi connectivity index (χ1) is 12.6. The molecule has 7 nitrogen and oxygen atoms in total. The summed E-state index contributed by atoms with van der Waals surface area (Å²) in [6.45, 7) is 3.34. The van der Waals surface area contributed by atoms with Gasteiger partial charge in [0, 0.05) is 51.3 Å². The quantitative estimate of drug-likeness (QED) is 0.802. The summed E-state index contributed by atoms with van der Waals surface area (Å²) in [5, 5.41) is 0. The molecule has 26 heavy (non-hydrogen) atoms. The number of carbonyl (C=O) groups is 3. The molecule has 0 aromatic carbocycles. The largest absolute Gasteiger partial charge is 0.338 e. The fourth-order valence-corrected chi connectivity index (χ4v) is 4.13. The van der Waals surface area contributed by atoms with Crippen LogP contribution in [0.3, 0.4) is 0 Å².